The van der Waals surface area contributed by atoms with Crippen molar-refractivity contribution in [3.05, 3.63) is 53.6 Å². The molecule has 66 heavy (non-hydrogen) atoms. The molecule has 14 atom stereocenters. The topological polar surface area (TPSA) is 207 Å². The highest BCUT2D eigenvalue weighted by atomic mass is 16.7. The van der Waals surface area contributed by atoms with Gasteiger partial charge in [0.05, 0.1) is 30.5 Å². The summed E-state index contributed by atoms with van der Waals surface area (Å²) >= 11 is 0. The number of piperidine rings is 1. The lowest BCUT2D eigenvalue weighted by Gasteiger charge is -2.47. The first-order valence-corrected chi connectivity index (χ1v) is 23.9. The third-order valence-electron chi connectivity index (χ3n) is 14.7. The maximum atomic E-state index is 14.7. The van der Waals surface area contributed by atoms with Crippen LogP contribution in [0.2, 0.25) is 0 Å². The molecule has 1 aliphatic carbocycles. The Hall–Kier alpha value is -3.83. The van der Waals surface area contributed by atoms with Crippen molar-refractivity contribution >= 4 is 35.0 Å². The highest BCUT2D eigenvalue weighted by Crippen LogP contribution is 2.44. The van der Waals surface area contributed by atoms with E-state index in [0.717, 1.165) is 10.5 Å². The average molecular weight is 925 g/mol. The van der Waals surface area contributed by atoms with Crippen molar-refractivity contribution in [2.24, 2.45) is 29.1 Å². The normalized spacial score (nSPS) is 38.0. The third-order valence-corrected chi connectivity index (χ3v) is 14.7. The Morgan fingerprint density at radius 3 is 2.24 bits per heavy atom. The largest absolute Gasteiger partial charge is 0.456 e. The number of amides is 2. The molecule has 2 amide bonds. The van der Waals surface area contributed by atoms with Crippen LogP contribution in [0.4, 0.5) is 5.69 Å². The van der Waals surface area contributed by atoms with Gasteiger partial charge in [0.2, 0.25) is 11.7 Å². The molecule has 0 aromatic heterocycles. The van der Waals surface area contributed by atoms with Gasteiger partial charge in [0.25, 0.3) is 11.7 Å². The predicted octanol–water partition coefficient (Wildman–Crippen LogP) is 5.87. The summed E-state index contributed by atoms with van der Waals surface area (Å²) in [5, 5.41) is 38.0. The second-order valence-electron chi connectivity index (χ2n) is 19.8. The molecule has 4 aliphatic rings. The van der Waals surface area contributed by atoms with Gasteiger partial charge in [-0.15, -0.1) is 0 Å². The summed E-state index contributed by atoms with van der Waals surface area (Å²) < 4.78 is 30.2. The number of nitrogens with one attached hydrogen (secondary N) is 1. The molecule has 2 bridgehead atoms. The highest BCUT2D eigenvalue weighted by Gasteiger charge is 2.57. The summed E-state index contributed by atoms with van der Waals surface area (Å²) in [6.45, 7) is 11.0. The van der Waals surface area contributed by atoms with Gasteiger partial charge in [-0.2, -0.15) is 0 Å². The number of rotatable bonds is 9. The molecule has 14 unspecified atom stereocenters. The van der Waals surface area contributed by atoms with Crippen LogP contribution in [0.1, 0.15) is 119 Å². The molecule has 1 aromatic rings. The molecule has 368 valence electrons. The van der Waals surface area contributed by atoms with Crippen molar-refractivity contribution in [1.29, 1.82) is 0 Å². The summed E-state index contributed by atoms with van der Waals surface area (Å²) in [5.41, 5.74) is 1.17. The minimum absolute atomic E-state index is 0.00207. The number of hydrogen-bond donors (Lipinski definition) is 4. The number of carbonyl (C=O) groups is 5. The molecule has 3 heterocycles. The molecule has 5 rings (SSSR count). The van der Waals surface area contributed by atoms with Gasteiger partial charge < -0.3 is 49.2 Å². The number of anilines is 1. The monoisotopic (exact) mass is 925 g/mol. The van der Waals surface area contributed by atoms with Gasteiger partial charge in [-0.1, -0.05) is 63.6 Å². The summed E-state index contributed by atoms with van der Waals surface area (Å²) in [6.07, 6.45) is 1.50. The average Bonchev–Trinajstić information content (AvgIpc) is 3.29. The van der Waals surface area contributed by atoms with Gasteiger partial charge in [0.15, 0.2) is 0 Å². The number of carbonyl (C=O) groups excluding carboxylic acids is 5. The van der Waals surface area contributed by atoms with E-state index in [1.165, 1.54) is 21.3 Å². The molecule has 0 radical (unpaired) electrons. The molecule has 15 nitrogen and oxygen atoms in total. The highest BCUT2D eigenvalue weighted by molar-refractivity contribution is 6.39. The van der Waals surface area contributed by atoms with Crippen LogP contribution in [0.5, 0.6) is 0 Å². The minimum Gasteiger partial charge on any atom is -0.456 e. The first kappa shape index (κ1) is 53.1. The van der Waals surface area contributed by atoms with E-state index in [9.17, 15) is 39.3 Å². The van der Waals surface area contributed by atoms with E-state index in [0.29, 0.717) is 56.2 Å². The van der Waals surface area contributed by atoms with E-state index in [1.807, 2.05) is 51.1 Å². The number of benzene rings is 1. The van der Waals surface area contributed by atoms with Gasteiger partial charge in [0, 0.05) is 69.6 Å². The number of allylic oxidation sites excluding steroid dienone is 3. The Kier molecular flexibility index (Phi) is 18.9. The number of nitrogens with zero attached hydrogens (tertiary/aromatic N) is 1. The van der Waals surface area contributed by atoms with E-state index in [2.05, 4.69) is 5.32 Å². The van der Waals surface area contributed by atoms with Crippen LogP contribution in [0, 0.1) is 29.1 Å². The number of cyclic esters (lactones) is 1. The van der Waals surface area contributed by atoms with Crippen LogP contribution in [0.15, 0.2) is 53.6 Å². The Balaban J connectivity index is 1.58. The number of ether oxygens (including phenoxy) is 5. The van der Waals surface area contributed by atoms with Gasteiger partial charge in [-0.3, -0.25) is 19.2 Å². The van der Waals surface area contributed by atoms with Crippen molar-refractivity contribution in [2.45, 2.75) is 173 Å². The molecule has 3 fully saturated rings. The molecule has 3 aliphatic heterocycles. The molecular formula is C51H76N2O13. The summed E-state index contributed by atoms with van der Waals surface area (Å²) in [7, 11) is 4.55. The third kappa shape index (κ3) is 12.6. The number of Topliss-reactive ketones (excluding diaryl/α,β-unsaturated/α-hetero) is 2. The van der Waals surface area contributed by atoms with Crippen molar-refractivity contribution in [3.8, 4) is 0 Å². The predicted molar refractivity (Wildman–Crippen MR) is 247 cm³/mol. The van der Waals surface area contributed by atoms with E-state index >= 15 is 0 Å². The van der Waals surface area contributed by atoms with Crippen LogP contribution >= 0.6 is 0 Å². The first-order chi connectivity index (χ1) is 31.3. The lowest BCUT2D eigenvalue weighted by Crippen LogP contribution is -2.64. The lowest BCUT2D eigenvalue weighted by atomic mass is 9.68. The lowest BCUT2D eigenvalue weighted by molar-refractivity contribution is -0.302. The Morgan fingerprint density at radius 2 is 1.59 bits per heavy atom. The molecule has 2 saturated heterocycles. The van der Waals surface area contributed by atoms with Crippen LogP contribution in [-0.2, 0) is 47.7 Å². The standard InChI is InChI=1S/C51H76N2O13/c1-10-35-23-30(2)22-31(3)24-41(62-7)46-42(63-8)25-33(5)51(61,66-46)47(58)48(59)53-21-15-14-18-37(53)49(60)65-45(34(6)39(55)26-40(35)56)32(4)27-50(20-19-38(54)43(28-50)64-9)29-44(57)52-36-16-12-11-13-17-36/h11-13,16-17,23,27,31,33-35,37-39,41-43,45-46,54-55,61H,10,14-15,18-22,24-26,28-29H2,1-9H3,(H,52,57)/b30-23+,32-27?. The zero-order valence-electron chi connectivity index (χ0n) is 40.5. The number of para-hydroxylation sites is 1. The van der Waals surface area contributed by atoms with Gasteiger partial charge >= 0.3 is 5.97 Å². The zero-order chi connectivity index (χ0) is 48.5. The van der Waals surface area contributed by atoms with Crippen LogP contribution < -0.4 is 5.32 Å². The fraction of sp³-hybridized carbons (Fsp3) is 0.706. The van der Waals surface area contributed by atoms with E-state index in [-0.39, 0.29) is 56.3 Å². The molecule has 1 aromatic carbocycles. The number of fused-ring (bicyclic) bond motifs is 3. The van der Waals surface area contributed by atoms with Crippen molar-refractivity contribution in [3.63, 3.8) is 0 Å². The van der Waals surface area contributed by atoms with Gasteiger partial charge in [-0.25, -0.2) is 4.79 Å². The Morgan fingerprint density at radius 1 is 0.924 bits per heavy atom. The molecule has 4 N–H and O–H groups in total. The fourth-order valence-corrected chi connectivity index (χ4v) is 10.8. The fourth-order valence-electron chi connectivity index (χ4n) is 10.8. The summed E-state index contributed by atoms with van der Waals surface area (Å²) in [6, 6.07) is 7.81. The summed E-state index contributed by atoms with van der Waals surface area (Å²) in [5.74, 6) is -8.35. The molecule has 1 saturated carbocycles. The van der Waals surface area contributed by atoms with Crippen LogP contribution in [0.25, 0.3) is 0 Å². The first-order valence-electron chi connectivity index (χ1n) is 23.9. The summed E-state index contributed by atoms with van der Waals surface area (Å²) in [4.78, 5) is 72.5. The smallest absolute Gasteiger partial charge is 0.329 e. The van der Waals surface area contributed by atoms with E-state index in [1.54, 1.807) is 32.9 Å². The Bertz CT molecular complexity index is 1910. The molecule has 15 heteroatoms. The van der Waals surface area contributed by atoms with Gasteiger partial charge in [-0.05, 0) is 102 Å². The minimum atomic E-state index is -2.55. The SMILES string of the molecule is CCC1/C=C(\C)CC(C)CC(OC)C2OC(O)(C(=O)C(=O)N3CCCCC3C(=O)OC(C(C)=CC3(CC(=O)Nc4ccccc4)CCC(O)C(OC)C3)C(C)C(O)CC1=O)C(C)CC2OC. The number of hydrogen-bond acceptors (Lipinski definition) is 13. The Labute approximate surface area is 391 Å². The van der Waals surface area contributed by atoms with Crippen molar-refractivity contribution < 1.29 is 63.0 Å². The van der Waals surface area contributed by atoms with Crippen LogP contribution in [-0.4, -0.2) is 132 Å². The maximum absolute atomic E-state index is 14.7. The van der Waals surface area contributed by atoms with E-state index in [4.69, 9.17) is 23.7 Å². The van der Waals surface area contributed by atoms with Crippen molar-refractivity contribution in [1.82, 2.24) is 4.90 Å². The maximum Gasteiger partial charge on any atom is 0.329 e. The second-order valence-corrected chi connectivity index (χ2v) is 19.8. The van der Waals surface area contributed by atoms with Crippen LogP contribution in [0.3, 0.4) is 0 Å². The number of aliphatic hydroxyl groups is 3. The number of ketones is 2. The number of aliphatic hydroxyl groups excluding tert-OH is 2. The quantitative estimate of drug-likeness (QED) is 0.130. The molecular weight excluding hydrogens is 849 g/mol. The van der Waals surface area contributed by atoms with E-state index < -0.39 is 95.4 Å². The van der Waals surface area contributed by atoms with Crippen molar-refractivity contribution in [2.75, 3.05) is 33.2 Å². The molecule has 0 spiro atoms. The second kappa shape index (κ2) is 23.5. The number of methoxy groups -OCH3 is 3. The van der Waals surface area contributed by atoms with Gasteiger partial charge in [0.1, 0.15) is 24.0 Å². The zero-order valence-corrected chi connectivity index (χ0v) is 40.5. The number of esters is 1.